The van der Waals surface area contributed by atoms with E-state index < -0.39 is 0 Å². The number of nitrogens with zero attached hydrogens (tertiary/aromatic N) is 1. The predicted octanol–water partition coefficient (Wildman–Crippen LogP) is 3.80. The van der Waals surface area contributed by atoms with Crippen molar-refractivity contribution in [2.45, 2.75) is 33.2 Å². The Kier molecular flexibility index (Phi) is 5.34. The van der Waals surface area contributed by atoms with Crippen LogP contribution in [0.3, 0.4) is 0 Å². The van der Waals surface area contributed by atoms with Crippen LogP contribution >= 0.6 is 0 Å². The number of methoxy groups -OCH3 is 1. The number of rotatable bonds is 6. The summed E-state index contributed by atoms with van der Waals surface area (Å²) >= 11 is 0. The van der Waals surface area contributed by atoms with E-state index in [4.69, 9.17) is 4.74 Å². The summed E-state index contributed by atoms with van der Waals surface area (Å²) in [6.07, 6.45) is 4.90. The summed E-state index contributed by atoms with van der Waals surface area (Å²) < 4.78 is 5.55. The lowest BCUT2D eigenvalue weighted by atomic mass is 9.96. The smallest absolute Gasteiger partial charge is 0.124 e. The molecule has 2 rings (SSSR count). The molecule has 0 aliphatic carbocycles. The van der Waals surface area contributed by atoms with Crippen molar-refractivity contribution in [2.75, 3.05) is 13.7 Å². The zero-order chi connectivity index (χ0) is 15.2. The molecule has 0 aliphatic rings. The molecule has 21 heavy (non-hydrogen) atoms. The molecule has 1 aromatic carbocycles. The standard InChI is InChI=1S/C18H24N2O/c1-5-8-20-18(15-9-14(3)11-19-12-15)16-10-13(2)6-7-17(16)21-4/h6-7,9-12,18,20H,5,8H2,1-4H3. The van der Waals surface area contributed by atoms with Crippen molar-refractivity contribution in [2.24, 2.45) is 0 Å². The number of benzene rings is 1. The van der Waals surface area contributed by atoms with Crippen molar-refractivity contribution in [1.82, 2.24) is 10.3 Å². The average Bonchev–Trinajstić information content (AvgIpc) is 2.48. The van der Waals surface area contributed by atoms with Gasteiger partial charge in [-0.2, -0.15) is 0 Å². The van der Waals surface area contributed by atoms with Gasteiger partial charge in [0, 0.05) is 18.0 Å². The summed E-state index contributed by atoms with van der Waals surface area (Å²) in [4.78, 5) is 4.34. The molecule has 0 spiro atoms. The van der Waals surface area contributed by atoms with Crippen LogP contribution in [-0.2, 0) is 0 Å². The van der Waals surface area contributed by atoms with Crippen LogP contribution in [0.15, 0.2) is 36.7 Å². The largest absolute Gasteiger partial charge is 0.496 e. The molecule has 1 aromatic heterocycles. The highest BCUT2D eigenvalue weighted by molar-refractivity contribution is 5.43. The number of aromatic nitrogens is 1. The van der Waals surface area contributed by atoms with E-state index in [0.717, 1.165) is 18.7 Å². The van der Waals surface area contributed by atoms with E-state index in [2.05, 4.69) is 49.3 Å². The quantitative estimate of drug-likeness (QED) is 0.876. The molecule has 1 unspecified atom stereocenters. The highest BCUT2D eigenvalue weighted by atomic mass is 16.5. The molecular weight excluding hydrogens is 260 g/mol. The van der Waals surface area contributed by atoms with Crippen LogP contribution in [0.25, 0.3) is 0 Å². The van der Waals surface area contributed by atoms with Crippen LogP contribution in [0.1, 0.15) is 41.6 Å². The highest BCUT2D eigenvalue weighted by Crippen LogP contribution is 2.31. The van der Waals surface area contributed by atoms with Gasteiger partial charge in [0.05, 0.1) is 13.2 Å². The zero-order valence-electron chi connectivity index (χ0n) is 13.3. The van der Waals surface area contributed by atoms with E-state index in [0.29, 0.717) is 0 Å². The Morgan fingerprint density at radius 2 is 1.95 bits per heavy atom. The van der Waals surface area contributed by atoms with E-state index in [9.17, 15) is 0 Å². The Hall–Kier alpha value is -1.87. The number of hydrogen-bond donors (Lipinski definition) is 1. The summed E-state index contributed by atoms with van der Waals surface area (Å²) in [6, 6.07) is 8.59. The first kappa shape index (κ1) is 15.5. The maximum atomic E-state index is 5.55. The van der Waals surface area contributed by atoms with Crippen molar-refractivity contribution >= 4 is 0 Å². The van der Waals surface area contributed by atoms with Gasteiger partial charge in [-0.3, -0.25) is 4.98 Å². The summed E-state index contributed by atoms with van der Waals surface area (Å²) in [5, 5.41) is 3.61. The van der Waals surface area contributed by atoms with Crippen molar-refractivity contribution in [3.63, 3.8) is 0 Å². The molecule has 3 heteroatoms. The summed E-state index contributed by atoms with van der Waals surface area (Å²) in [7, 11) is 1.72. The van der Waals surface area contributed by atoms with Crippen LogP contribution in [0.2, 0.25) is 0 Å². The second-order valence-electron chi connectivity index (χ2n) is 5.43. The van der Waals surface area contributed by atoms with Gasteiger partial charge in [-0.25, -0.2) is 0 Å². The molecule has 0 aliphatic heterocycles. The Labute approximate surface area is 127 Å². The molecule has 0 bridgehead atoms. The fraction of sp³-hybridized carbons (Fsp3) is 0.389. The number of hydrogen-bond acceptors (Lipinski definition) is 3. The topological polar surface area (TPSA) is 34.2 Å². The minimum atomic E-state index is 0.104. The number of aryl methyl sites for hydroxylation is 2. The van der Waals surface area contributed by atoms with E-state index >= 15 is 0 Å². The first-order valence-corrected chi connectivity index (χ1v) is 7.45. The van der Waals surface area contributed by atoms with E-state index in [-0.39, 0.29) is 6.04 Å². The van der Waals surface area contributed by atoms with Gasteiger partial charge in [0.1, 0.15) is 5.75 Å². The van der Waals surface area contributed by atoms with Crippen molar-refractivity contribution in [3.05, 3.63) is 58.9 Å². The van der Waals surface area contributed by atoms with Crippen molar-refractivity contribution < 1.29 is 4.74 Å². The minimum absolute atomic E-state index is 0.104. The maximum absolute atomic E-state index is 5.55. The molecule has 3 nitrogen and oxygen atoms in total. The monoisotopic (exact) mass is 284 g/mol. The molecule has 1 N–H and O–H groups in total. The van der Waals surface area contributed by atoms with Gasteiger partial charge in [-0.15, -0.1) is 0 Å². The molecule has 0 amide bonds. The van der Waals surface area contributed by atoms with E-state index in [1.807, 2.05) is 18.5 Å². The predicted molar refractivity (Wildman–Crippen MR) is 86.8 cm³/mol. The first-order chi connectivity index (χ1) is 10.2. The van der Waals surface area contributed by atoms with Crippen LogP contribution < -0.4 is 10.1 Å². The second-order valence-corrected chi connectivity index (χ2v) is 5.43. The molecular formula is C18H24N2O. The Morgan fingerprint density at radius 3 is 2.62 bits per heavy atom. The van der Waals surface area contributed by atoms with Gasteiger partial charge in [-0.05, 0) is 44.0 Å². The molecule has 2 aromatic rings. The molecule has 112 valence electrons. The lowest BCUT2D eigenvalue weighted by Gasteiger charge is -2.22. The van der Waals surface area contributed by atoms with E-state index in [1.54, 1.807) is 7.11 Å². The third-order valence-corrected chi connectivity index (χ3v) is 3.52. The van der Waals surface area contributed by atoms with E-state index in [1.165, 1.54) is 22.3 Å². The van der Waals surface area contributed by atoms with Crippen LogP contribution in [0, 0.1) is 13.8 Å². The summed E-state index contributed by atoms with van der Waals surface area (Å²) in [5.41, 5.74) is 4.74. The summed E-state index contributed by atoms with van der Waals surface area (Å²) in [6.45, 7) is 7.30. The van der Waals surface area contributed by atoms with Crippen molar-refractivity contribution in [3.8, 4) is 5.75 Å². The molecule has 0 fully saturated rings. The third-order valence-electron chi connectivity index (χ3n) is 3.52. The van der Waals surface area contributed by atoms with Gasteiger partial charge < -0.3 is 10.1 Å². The Bertz CT molecular complexity index is 596. The molecule has 1 atom stereocenters. The van der Waals surface area contributed by atoms with Gasteiger partial charge in [-0.1, -0.05) is 30.7 Å². The van der Waals surface area contributed by atoms with Gasteiger partial charge in [0.15, 0.2) is 0 Å². The molecule has 0 radical (unpaired) electrons. The van der Waals surface area contributed by atoms with Crippen LogP contribution in [0.4, 0.5) is 0 Å². The van der Waals surface area contributed by atoms with Gasteiger partial charge in [0.2, 0.25) is 0 Å². The second kappa shape index (κ2) is 7.23. The number of pyridine rings is 1. The third kappa shape index (κ3) is 3.82. The highest BCUT2D eigenvalue weighted by Gasteiger charge is 2.18. The normalized spacial score (nSPS) is 12.2. The minimum Gasteiger partial charge on any atom is -0.496 e. The first-order valence-electron chi connectivity index (χ1n) is 7.45. The SMILES string of the molecule is CCCNC(c1cncc(C)c1)c1cc(C)ccc1OC. The fourth-order valence-corrected chi connectivity index (χ4v) is 2.51. The lowest BCUT2D eigenvalue weighted by molar-refractivity contribution is 0.403. The summed E-state index contributed by atoms with van der Waals surface area (Å²) in [5.74, 6) is 0.913. The lowest BCUT2D eigenvalue weighted by Crippen LogP contribution is -2.24. The zero-order valence-corrected chi connectivity index (χ0v) is 13.3. The Morgan fingerprint density at radius 1 is 1.14 bits per heavy atom. The Balaban J connectivity index is 2.47. The van der Waals surface area contributed by atoms with Crippen molar-refractivity contribution in [1.29, 1.82) is 0 Å². The maximum Gasteiger partial charge on any atom is 0.124 e. The van der Waals surface area contributed by atoms with Crippen LogP contribution in [-0.4, -0.2) is 18.6 Å². The average molecular weight is 284 g/mol. The number of nitrogens with one attached hydrogen (secondary N) is 1. The number of ether oxygens (including phenoxy) is 1. The molecule has 0 saturated heterocycles. The van der Waals surface area contributed by atoms with Gasteiger partial charge in [0.25, 0.3) is 0 Å². The van der Waals surface area contributed by atoms with Gasteiger partial charge >= 0.3 is 0 Å². The fourth-order valence-electron chi connectivity index (χ4n) is 2.51. The van der Waals surface area contributed by atoms with Crippen LogP contribution in [0.5, 0.6) is 5.75 Å². The molecule has 1 heterocycles. The molecule has 0 saturated carbocycles.